The molecule has 1 aliphatic rings. The Morgan fingerprint density at radius 2 is 1.87 bits per heavy atom. The van der Waals surface area contributed by atoms with Gasteiger partial charge in [-0.2, -0.15) is 0 Å². The summed E-state index contributed by atoms with van der Waals surface area (Å²) in [5, 5.41) is 5.79. The van der Waals surface area contributed by atoms with E-state index in [1.165, 1.54) is 25.7 Å². The second kappa shape index (κ2) is 5.99. The van der Waals surface area contributed by atoms with Gasteiger partial charge in [-0.3, -0.25) is 0 Å². The Balaban J connectivity index is 2.12. The lowest BCUT2D eigenvalue weighted by atomic mass is 9.83. The molecule has 1 aliphatic carbocycles. The normalized spacial score (nSPS) is 26.4. The van der Waals surface area contributed by atoms with Gasteiger partial charge in [0.15, 0.2) is 0 Å². The number of carbonyl (C=O) groups is 1. The van der Waals surface area contributed by atoms with Gasteiger partial charge in [0.05, 0.1) is 0 Å². The van der Waals surface area contributed by atoms with Crippen LogP contribution in [-0.4, -0.2) is 18.6 Å². The molecule has 0 aromatic heterocycles. The third-order valence-electron chi connectivity index (χ3n) is 3.11. The summed E-state index contributed by atoms with van der Waals surface area (Å²) in [5.41, 5.74) is 0. The Hall–Kier alpha value is -0.730. The van der Waals surface area contributed by atoms with Crippen LogP contribution in [0.15, 0.2) is 0 Å². The molecule has 0 radical (unpaired) electrons. The van der Waals surface area contributed by atoms with E-state index in [0.29, 0.717) is 5.92 Å². The summed E-state index contributed by atoms with van der Waals surface area (Å²) in [6.45, 7) is 7.10. The van der Waals surface area contributed by atoms with Crippen LogP contribution < -0.4 is 10.6 Å². The molecule has 2 amide bonds. The van der Waals surface area contributed by atoms with Crippen molar-refractivity contribution in [2.45, 2.75) is 52.5 Å². The quantitative estimate of drug-likeness (QED) is 0.741. The minimum absolute atomic E-state index is 0.0244. The molecule has 2 N–H and O–H groups in total. The van der Waals surface area contributed by atoms with Gasteiger partial charge in [-0.1, -0.05) is 19.8 Å². The number of urea groups is 1. The zero-order valence-electron chi connectivity index (χ0n) is 10.2. The van der Waals surface area contributed by atoms with Crippen molar-refractivity contribution in [3.63, 3.8) is 0 Å². The molecule has 15 heavy (non-hydrogen) atoms. The molecule has 0 atom stereocenters. The summed E-state index contributed by atoms with van der Waals surface area (Å²) < 4.78 is 0. The number of rotatable bonds is 3. The van der Waals surface area contributed by atoms with Crippen molar-refractivity contribution < 1.29 is 4.79 Å². The highest BCUT2D eigenvalue weighted by Crippen LogP contribution is 2.27. The Kier molecular flexibility index (Phi) is 4.92. The summed E-state index contributed by atoms with van der Waals surface area (Å²) in [4.78, 5) is 11.3. The molecule has 0 bridgehead atoms. The van der Waals surface area contributed by atoms with Crippen molar-refractivity contribution in [1.29, 1.82) is 0 Å². The maximum absolute atomic E-state index is 11.3. The maximum atomic E-state index is 11.3. The fourth-order valence-electron chi connectivity index (χ4n) is 2.08. The zero-order chi connectivity index (χ0) is 11.3. The average Bonchev–Trinajstić information content (AvgIpc) is 2.16. The Labute approximate surface area is 93.0 Å². The Morgan fingerprint density at radius 3 is 2.40 bits per heavy atom. The molecule has 1 fully saturated rings. The average molecular weight is 212 g/mol. The molecule has 0 aromatic rings. The van der Waals surface area contributed by atoms with Crippen molar-refractivity contribution in [3.05, 3.63) is 0 Å². The first-order chi connectivity index (χ1) is 7.08. The first-order valence-electron chi connectivity index (χ1n) is 6.12. The number of nitrogens with one attached hydrogen (secondary N) is 2. The smallest absolute Gasteiger partial charge is 0.314 e. The van der Waals surface area contributed by atoms with E-state index in [4.69, 9.17) is 0 Å². The van der Waals surface area contributed by atoms with Crippen LogP contribution in [-0.2, 0) is 0 Å². The van der Waals surface area contributed by atoms with Gasteiger partial charge >= 0.3 is 6.03 Å². The third-order valence-corrected chi connectivity index (χ3v) is 3.11. The molecule has 1 saturated carbocycles. The molecule has 1 rings (SSSR count). The van der Waals surface area contributed by atoms with E-state index in [9.17, 15) is 4.79 Å². The fraction of sp³-hybridized carbons (Fsp3) is 0.917. The molecule has 0 aromatic carbocycles. The molecular weight excluding hydrogens is 188 g/mol. The van der Waals surface area contributed by atoms with Gasteiger partial charge in [0.2, 0.25) is 0 Å². The van der Waals surface area contributed by atoms with Gasteiger partial charge in [0.1, 0.15) is 0 Å². The maximum Gasteiger partial charge on any atom is 0.314 e. The van der Waals surface area contributed by atoms with Crippen LogP contribution in [0.4, 0.5) is 4.79 Å². The summed E-state index contributed by atoms with van der Waals surface area (Å²) in [6.07, 6.45) is 5.17. The van der Waals surface area contributed by atoms with Gasteiger partial charge in [-0.25, -0.2) is 4.79 Å². The fourth-order valence-corrected chi connectivity index (χ4v) is 2.08. The first-order valence-corrected chi connectivity index (χ1v) is 6.12. The van der Waals surface area contributed by atoms with E-state index >= 15 is 0 Å². The second-order valence-corrected chi connectivity index (χ2v) is 5.13. The lowest BCUT2D eigenvalue weighted by Crippen LogP contribution is -2.41. The van der Waals surface area contributed by atoms with Crippen molar-refractivity contribution in [3.8, 4) is 0 Å². The highest BCUT2D eigenvalue weighted by molar-refractivity contribution is 5.74. The van der Waals surface area contributed by atoms with Crippen LogP contribution in [0.3, 0.4) is 0 Å². The summed E-state index contributed by atoms with van der Waals surface area (Å²) in [5.74, 6) is 1.57. The zero-order valence-corrected chi connectivity index (χ0v) is 10.2. The number of hydrogen-bond donors (Lipinski definition) is 2. The molecule has 0 saturated heterocycles. The Bertz CT molecular complexity index is 196. The standard InChI is InChI=1S/C12H24N2O/c1-9(2)14-12(15)13-8-11-6-4-10(3)5-7-11/h9-11H,4-8H2,1-3H3,(H2,13,14,15). The van der Waals surface area contributed by atoms with Gasteiger partial charge in [0, 0.05) is 12.6 Å². The summed E-state index contributed by atoms with van der Waals surface area (Å²) in [7, 11) is 0. The van der Waals surface area contributed by atoms with E-state index in [1.807, 2.05) is 13.8 Å². The van der Waals surface area contributed by atoms with Gasteiger partial charge in [0.25, 0.3) is 0 Å². The minimum atomic E-state index is -0.0244. The lowest BCUT2D eigenvalue weighted by Gasteiger charge is -2.26. The highest BCUT2D eigenvalue weighted by Gasteiger charge is 2.18. The predicted molar refractivity (Wildman–Crippen MR) is 62.8 cm³/mol. The van der Waals surface area contributed by atoms with E-state index in [2.05, 4.69) is 17.6 Å². The van der Waals surface area contributed by atoms with Crippen LogP contribution in [0.2, 0.25) is 0 Å². The number of amides is 2. The molecule has 0 spiro atoms. The number of hydrogen-bond acceptors (Lipinski definition) is 1. The van der Waals surface area contributed by atoms with Crippen molar-refractivity contribution >= 4 is 6.03 Å². The minimum Gasteiger partial charge on any atom is -0.338 e. The van der Waals surface area contributed by atoms with Gasteiger partial charge in [-0.15, -0.1) is 0 Å². The van der Waals surface area contributed by atoms with Crippen molar-refractivity contribution in [2.24, 2.45) is 11.8 Å². The number of carbonyl (C=O) groups excluding carboxylic acids is 1. The van der Waals surface area contributed by atoms with Crippen LogP contribution >= 0.6 is 0 Å². The second-order valence-electron chi connectivity index (χ2n) is 5.13. The Morgan fingerprint density at radius 1 is 1.27 bits per heavy atom. The molecule has 0 unspecified atom stereocenters. The SMILES string of the molecule is CC1CCC(CNC(=O)NC(C)C)CC1. The largest absolute Gasteiger partial charge is 0.338 e. The molecule has 3 heteroatoms. The summed E-state index contributed by atoms with van der Waals surface area (Å²) >= 11 is 0. The van der Waals surface area contributed by atoms with Crippen LogP contribution in [0.5, 0.6) is 0 Å². The molecule has 0 heterocycles. The lowest BCUT2D eigenvalue weighted by molar-refractivity contribution is 0.230. The van der Waals surface area contributed by atoms with E-state index in [0.717, 1.165) is 12.5 Å². The monoisotopic (exact) mass is 212 g/mol. The van der Waals surface area contributed by atoms with E-state index in [-0.39, 0.29) is 12.1 Å². The molecule has 88 valence electrons. The van der Waals surface area contributed by atoms with Gasteiger partial charge in [-0.05, 0) is 38.5 Å². The van der Waals surface area contributed by atoms with Crippen molar-refractivity contribution in [2.75, 3.05) is 6.54 Å². The van der Waals surface area contributed by atoms with Crippen LogP contribution in [0.1, 0.15) is 46.5 Å². The predicted octanol–water partition coefficient (Wildman–Crippen LogP) is 2.52. The molecule has 0 aliphatic heterocycles. The van der Waals surface area contributed by atoms with Gasteiger partial charge < -0.3 is 10.6 Å². The molecule has 3 nitrogen and oxygen atoms in total. The topological polar surface area (TPSA) is 41.1 Å². The van der Waals surface area contributed by atoms with Crippen LogP contribution in [0, 0.1) is 11.8 Å². The highest BCUT2D eigenvalue weighted by atomic mass is 16.2. The van der Waals surface area contributed by atoms with E-state index in [1.54, 1.807) is 0 Å². The van der Waals surface area contributed by atoms with Crippen LogP contribution in [0.25, 0.3) is 0 Å². The summed E-state index contributed by atoms with van der Waals surface area (Å²) in [6, 6.07) is 0.194. The first kappa shape index (κ1) is 12.3. The van der Waals surface area contributed by atoms with E-state index < -0.39 is 0 Å². The van der Waals surface area contributed by atoms with Crippen molar-refractivity contribution in [1.82, 2.24) is 10.6 Å². The molecular formula is C12H24N2O. The third kappa shape index (κ3) is 5.05.